The highest BCUT2D eigenvalue weighted by atomic mass is 15.0. The lowest BCUT2D eigenvalue weighted by Gasteiger charge is -2.32. The van der Waals surface area contributed by atoms with Gasteiger partial charge in [-0.25, -0.2) is 0 Å². The Morgan fingerprint density at radius 3 is 1.81 bits per heavy atom. The van der Waals surface area contributed by atoms with Gasteiger partial charge >= 0.3 is 0 Å². The molecule has 0 spiro atoms. The van der Waals surface area contributed by atoms with Gasteiger partial charge < -0.3 is 32.3 Å². The van der Waals surface area contributed by atoms with Crippen molar-refractivity contribution in [3.8, 4) is 0 Å². The first-order chi connectivity index (χ1) is 12.8. The fourth-order valence-electron chi connectivity index (χ4n) is 3.54. The van der Waals surface area contributed by atoms with E-state index < -0.39 is 0 Å². The van der Waals surface area contributed by atoms with Gasteiger partial charge in [0.25, 0.3) is 0 Å². The summed E-state index contributed by atoms with van der Waals surface area (Å²) in [6, 6.07) is 0. The maximum absolute atomic E-state index is 5.93. The third-order valence-electron chi connectivity index (χ3n) is 5.38. The molecule has 0 aromatic heterocycles. The molecule has 0 aliphatic carbocycles. The fourth-order valence-corrected chi connectivity index (χ4v) is 3.54. The van der Waals surface area contributed by atoms with Crippen LogP contribution in [0.3, 0.4) is 0 Å². The summed E-state index contributed by atoms with van der Waals surface area (Å²) < 4.78 is 0. The van der Waals surface area contributed by atoms with Crippen LogP contribution in [0.2, 0.25) is 0 Å². The van der Waals surface area contributed by atoms with E-state index in [4.69, 9.17) is 5.73 Å². The minimum Gasteiger partial charge on any atom is -0.330 e. The average molecular weight is 385 g/mol. The molecule has 0 aromatic rings. The van der Waals surface area contributed by atoms with E-state index in [1.54, 1.807) is 0 Å². The SMILES string of the molecule is CC(C)CNCC1(C)CNCC(C)CNCC(CN)CNCC(C)CNC1. The summed E-state index contributed by atoms with van der Waals surface area (Å²) in [5.41, 5.74) is 6.15. The Morgan fingerprint density at radius 1 is 0.889 bits per heavy atom. The summed E-state index contributed by atoms with van der Waals surface area (Å²) in [4.78, 5) is 0. The number of nitrogens with one attached hydrogen (secondary N) is 5. The van der Waals surface area contributed by atoms with E-state index in [0.717, 1.165) is 72.0 Å². The molecular formula is C21H48N6. The van der Waals surface area contributed by atoms with Crippen molar-refractivity contribution in [3.05, 3.63) is 0 Å². The Bertz CT molecular complexity index is 341. The fraction of sp³-hybridized carbons (Fsp3) is 1.00. The quantitative estimate of drug-likeness (QED) is 0.413. The molecule has 0 saturated carbocycles. The van der Waals surface area contributed by atoms with E-state index in [2.05, 4.69) is 61.2 Å². The number of hydrogen-bond acceptors (Lipinski definition) is 6. The van der Waals surface area contributed by atoms with E-state index in [-0.39, 0.29) is 5.41 Å². The molecule has 0 radical (unpaired) electrons. The molecule has 1 aliphatic rings. The number of nitrogens with two attached hydrogens (primary N) is 1. The van der Waals surface area contributed by atoms with Gasteiger partial charge in [-0.3, -0.25) is 0 Å². The van der Waals surface area contributed by atoms with Gasteiger partial charge in [0.05, 0.1) is 0 Å². The molecule has 162 valence electrons. The summed E-state index contributed by atoms with van der Waals surface area (Å²) in [5, 5.41) is 18.3. The zero-order valence-corrected chi connectivity index (χ0v) is 18.7. The van der Waals surface area contributed by atoms with E-state index in [0.29, 0.717) is 23.7 Å². The second kappa shape index (κ2) is 13.9. The van der Waals surface area contributed by atoms with Crippen LogP contribution in [0.25, 0.3) is 0 Å². The summed E-state index contributed by atoms with van der Waals surface area (Å²) in [5.74, 6) is 2.43. The topological polar surface area (TPSA) is 86.2 Å². The van der Waals surface area contributed by atoms with Crippen LogP contribution in [-0.2, 0) is 0 Å². The predicted molar refractivity (Wildman–Crippen MR) is 118 cm³/mol. The lowest BCUT2D eigenvalue weighted by Crippen LogP contribution is -2.49. The van der Waals surface area contributed by atoms with Crippen molar-refractivity contribution in [2.75, 3.05) is 72.0 Å². The van der Waals surface area contributed by atoms with Crippen LogP contribution in [0.5, 0.6) is 0 Å². The van der Waals surface area contributed by atoms with Crippen LogP contribution in [0, 0.1) is 29.1 Å². The number of rotatable bonds is 5. The van der Waals surface area contributed by atoms with Crippen LogP contribution >= 0.6 is 0 Å². The monoisotopic (exact) mass is 384 g/mol. The minimum absolute atomic E-state index is 0.219. The molecule has 2 unspecified atom stereocenters. The van der Waals surface area contributed by atoms with Crippen molar-refractivity contribution in [2.24, 2.45) is 34.8 Å². The first kappa shape index (κ1) is 24.8. The van der Waals surface area contributed by atoms with Crippen LogP contribution < -0.4 is 32.3 Å². The molecule has 1 heterocycles. The second-order valence-corrected chi connectivity index (χ2v) is 9.73. The van der Waals surface area contributed by atoms with Crippen LogP contribution in [0.4, 0.5) is 0 Å². The summed E-state index contributed by atoms with van der Waals surface area (Å²) in [6.07, 6.45) is 0. The number of hydrogen-bond donors (Lipinski definition) is 6. The van der Waals surface area contributed by atoms with Gasteiger partial charge in [-0.2, -0.15) is 0 Å². The average Bonchev–Trinajstić information content (AvgIpc) is 2.59. The second-order valence-electron chi connectivity index (χ2n) is 9.73. The zero-order chi connectivity index (χ0) is 20.1. The maximum atomic E-state index is 5.93. The molecule has 0 aromatic carbocycles. The summed E-state index contributed by atoms with van der Waals surface area (Å²) >= 11 is 0. The minimum atomic E-state index is 0.219. The Morgan fingerprint density at radius 2 is 1.37 bits per heavy atom. The molecule has 6 heteroatoms. The van der Waals surface area contributed by atoms with Gasteiger partial charge in [-0.1, -0.05) is 34.6 Å². The zero-order valence-electron chi connectivity index (χ0n) is 18.7. The maximum Gasteiger partial charge on any atom is 0.00490 e. The molecular weight excluding hydrogens is 336 g/mol. The van der Waals surface area contributed by atoms with Crippen molar-refractivity contribution in [1.29, 1.82) is 0 Å². The van der Waals surface area contributed by atoms with Gasteiger partial charge in [0.15, 0.2) is 0 Å². The van der Waals surface area contributed by atoms with Gasteiger partial charge in [0.1, 0.15) is 0 Å². The van der Waals surface area contributed by atoms with E-state index in [9.17, 15) is 0 Å². The van der Waals surface area contributed by atoms with E-state index in [1.807, 2.05) is 0 Å². The van der Waals surface area contributed by atoms with Crippen molar-refractivity contribution >= 4 is 0 Å². The third-order valence-corrected chi connectivity index (χ3v) is 5.38. The van der Waals surface area contributed by atoms with E-state index in [1.165, 1.54) is 0 Å². The Balaban J connectivity index is 2.58. The van der Waals surface area contributed by atoms with E-state index >= 15 is 0 Å². The normalized spacial score (nSPS) is 33.2. The predicted octanol–water partition coefficient (Wildman–Crippen LogP) is 0.457. The summed E-state index contributed by atoms with van der Waals surface area (Å²) in [7, 11) is 0. The van der Waals surface area contributed by atoms with Gasteiger partial charge in [-0.15, -0.1) is 0 Å². The summed E-state index contributed by atoms with van der Waals surface area (Å²) in [6.45, 7) is 22.7. The van der Waals surface area contributed by atoms with Gasteiger partial charge in [0, 0.05) is 38.1 Å². The van der Waals surface area contributed by atoms with Crippen molar-refractivity contribution in [2.45, 2.75) is 34.6 Å². The molecule has 2 atom stereocenters. The highest BCUT2D eigenvalue weighted by Crippen LogP contribution is 2.13. The van der Waals surface area contributed by atoms with Crippen molar-refractivity contribution in [1.82, 2.24) is 26.6 Å². The molecule has 1 saturated heterocycles. The molecule has 1 fully saturated rings. The largest absolute Gasteiger partial charge is 0.330 e. The molecule has 7 N–H and O–H groups in total. The molecule has 0 bridgehead atoms. The molecule has 6 nitrogen and oxygen atoms in total. The lowest BCUT2D eigenvalue weighted by molar-refractivity contribution is 0.257. The van der Waals surface area contributed by atoms with Gasteiger partial charge in [0.2, 0.25) is 0 Å². The van der Waals surface area contributed by atoms with Gasteiger partial charge in [-0.05, 0) is 62.9 Å². The highest BCUT2D eigenvalue weighted by Gasteiger charge is 2.24. The molecule has 27 heavy (non-hydrogen) atoms. The van der Waals surface area contributed by atoms with Crippen LogP contribution in [0.15, 0.2) is 0 Å². The highest BCUT2D eigenvalue weighted by molar-refractivity contribution is 4.83. The molecule has 0 amide bonds. The Kier molecular flexibility index (Phi) is 12.7. The van der Waals surface area contributed by atoms with Crippen molar-refractivity contribution in [3.63, 3.8) is 0 Å². The Hall–Kier alpha value is -0.240. The van der Waals surface area contributed by atoms with Crippen LogP contribution in [0.1, 0.15) is 34.6 Å². The first-order valence-electron chi connectivity index (χ1n) is 11.1. The van der Waals surface area contributed by atoms with Crippen molar-refractivity contribution < 1.29 is 0 Å². The lowest BCUT2D eigenvalue weighted by atomic mass is 9.89. The smallest absolute Gasteiger partial charge is 0.00490 e. The first-order valence-corrected chi connectivity index (χ1v) is 11.1. The standard InChI is InChI=1S/C21H48N6/c1-17(2)7-25-14-21(5)15-26-10-18(3)8-23-12-20(6-22)13-24-9-19(4)11-27-16-21/h17-20,23-27H,6-16,22H2,1-5H3. The molecule has 1 rings (SSSR count). The third kappa shape index (κ3) is 12.0. The van der Waals surface area contributed by atoms with Crippen LogP contribution in [-0.4, -0.2) is 72.0 Å². The Labute approximate surface area is 168 Å². The molecule has 1 aliphatic heterocycles.